The van der Waals surface area contributed by atoms with Crippen LogP contribution in [0.4, 0.5) is 0 Å². The van der Waals surface area contributed by atoms with Gasteiger partial charge >= 0.3 is 11.9 Å². The summed E-state index contributed by atoms with van der Waals surface area (Å²) in [6, 6.07) is -1.39. The van der Waals surface area contributed by atoms with Crippen LogP contribution in [0.2, 0.25) is 0 Å². The van der Waals surface area contributed by atoms with Gasteiger partial charge in [0.05, 0.1) is 30.8 Å². The SMILES string of the molecule is CC(=O)C1(O)CC(O)C([C@@H](C)O)C(C[C@H](O)COC(=O)[C@H](N)CC(=O)O)O1. The number of hydrogen-bond donors (Lipinski definition) is 6. The highest BCUT2D eigenvalue weighted by molar-refractivity contribution is 5.83. The Balaban J connectivity index is 2.72. The van der Waals surface area contributed by atoms with Crippen LogP contribution in [0.25, 0.3) is 0 Å². The molecule has 0 spiro atoms. The molecular formula is C16H27NO10. The van der Waals surface area contributed by atoms with Crippen molar-refractivity contribution in [2.75, 3.05) is 6.61 Å². The van der Waals surface area contributed by atoms with E-state index in [1.807, 2.05) is 0 Å². The van der Waals surface area contributed by atoms with Crippen LogP contribution in [0, 0.1) is 5.92 Å². The van der Waals surface area contributed by atoms with Crippen LogP contribution in [0.3, 0.4) is 0 Å². The second-order valence-electron chi connectivity index (χ2n) is 6.81. The second-order valence-corrected chi connectivity index (χ2v) is 6.81. The van der Waals surface area contributed by atoms with Crippen molar-refractivity contribution in [2.45, 2.75) is 69.4 Å². The molecule has 0 aromatic carbocycles. The number of Topliss-reactive ketones (excluding diaryl/α,β-unsaturated/α-hetero) is 1. The molecule has 1 heterocycles. The number of ketones is 1. The molecule has 156 valence electrons. The number of aliphatic hydroxyl groups is 4. The van der Waals surface area contributed by atoms with Crippen LogP contribution in [0.1, 0.15) is 33.1 Å². The first kappa shape index (κ1) is 23.4. The monoisotopic (exact) mass is 393 g/mol. The second kappa shape index (κ2) is 9.53. The van der Waals surface area contributed by atoms with E-state index in [1.165, 1.54) is 6.92 Å². The molecule has 11 nitrogen and oxygen atoms in total. The zero-order valence-corrected chi connectivity index (χ0v) is 15.1. The summed E-state index contributed by atoms with van der Waals surface area (Å²) < 4.78 is 10.1. The number of carbonyl (C=O) groups excluding carboxylic acids is 2. The van der Waals surface area contributed by atoms with Gasteiger partial charge in [0.1, 0.15) is 12.6 Å². The third-order valence-corrected chi connectivity index (χ3v) is 4.43. The molecule has 1 aliphatic rings. The Hall–Kier alpha value is -1.63. The molecule has 0 bridgehead atoms. The minimum atomic E-state index is -2.25. The zero-order valence-electron chi connectivity index (χ0n) is 15.1. The Kier molecular flexibility index (Phi) is 8.26. The molecule has 0 aromatic rings. The Bertz CT molecular complexity index is 553. The summed E-state index contributed by atoms with van der Waals surface area (Å²) >= 11 is 0. The molecule has 11 heteroatoms. The number of carboxylic acid groups (broad SMARTS) is 1. The van der Waals surface area contributed by atoms with Crippen LogP contribution in [-0.4, -0.2) is 86.1 Å². The normalized spacial score (nSPS) is 31.6. The van der Waals surface area contributed by atoms with Gasteiger partial charge in [-0.2, -0.15) is 0 Å². The lowest BCUT2D eigenvalue weighted by atomic mass is 9.81. The number of carbonyl (C=O) groups is 3. The highest BCUT2D eigenvalue weighted by Crippen LogP contribution is 2.36. The number of aliphatic hydroxyl groups excluding tert-OH is 3. The molecule has 0 aromatic heterocycles. The summed E-state index contributed by atoms with van der Waals surface area (Å²) in [4.78, 5) is 33.7. The van der Waals surface area contributed by atoms with Crippen LogP contribution < -0.4 is 5.73 Å². The fourth-order valence-corrected chi connectivity index (χ4v) is 3.00. The van der Waals surface area contributed by atoms with Crippen molar-refractivity contribution < 1.29 is 49.4 Å². The van der Waals surface area contributed by atoms with Crippen molar-refractivity contribution >= 4 is 17.7 Å². The largest absolute Gasteiger partial charge is 0.481 e. The van der Waals surface area contributed by atoms with Gasteiger partial charge in [0, 0.05) is 25.7 Å². The average Bonchev–Trinajstić information content (AvgIpc) is 2.50. The van der Waals surface area contributed by atoms with Crippen molar-refractivity contribution in [2.24, 2.45) is 11.7 Å². The molecular weight excluding hydrogens is 366 g/mol. The van der Waals surface area contributed by atoms with E-state index < -0.39 is 79.3 Å². The lowest BCUT2D eigenvalue weighted by Crippen LogP contribution is -2.58. The molecule has 0 amide bonds. The zero-order chi connectivity index (χ0) is 20.9. The van der Waals surface area contributed by atoms with Crippen LogP contribution in [-0.2, 0) is 23.9 Å². The molecule has 1 aliphatic heterocycles. The van der Waals surface area contributed by atoms with Crippen LogP contribution >= 0.6 is 0 Å². The van der Waals surface area contributed by atoms with Gasteiger partial charge in [-0.25, -0.2) is 0 Å². The summed E-state index contributed by atoms with van der Waals surface area (Å²) in [6.45, 7) is 1.92. The van der Waals surface area contributed by atoms with Gasteiger partial charge in [-0.1, -0.05) is 0 Å². The van der Waals surface area contributed by atoms with Crippen molar-refractivity contribution in [3.8, 4) is 0 Å². The fraction of sp³-hybridized carbons (Fsp3) is 0.812. The molecule has 27 heavy (non-hydrogen) atoms. The van der Waals surface area contributed by atoms with E-state index >= 15 is 0 Å². The Labute approximate surface area is 155 Å². The fourth-order valence-electron chi connectivity index (χ4n) is 3.00. The molecule has 4 unspecified atom stereocenters. The molecule has 7 N–H and O–H groups in total. The number of aliphatic carboxylic acids is 1. The predicted molar refractivity (Wildman–Crippen MR) is 88.1 cm³/mol. The minimum absolute atomic E-state index is 0.274. The molecule has 1 saturated heterocycles. The number of hydrogen-bond acceptors (Lipinski definition) is 10. The molecule has 0 aliphatic carbocycles. The lowest BCUT2D eigenvalue weighted by molar-refractivity contribution is -0.285. The summed E-state index contributed by atoms with van der Waals surface area (Å²) in [5.41, 5.74) is 5.34. The van der Waals surface area contributed by atoms with Gasteiger partial charge in [-0.15, -0.1) is 0 Å². The molecule has 1 fully saturated rings. The van der Waals surface area contributed by atoms with E-state index in [1.54, 1.807) is 0 Å². The van der Waals surface area contributed by atoms with Crippen molar-refractivity contribution in [1.82, 2.24) is 0 Å². The first-order chi connectivity index (χ1) is 12.4. The van der Waals surface area contributed by atoms with Gasteiger partial charge in [0.2, 0.25) is 5.79 Å². The summed E-state index contributed by atoms with van der Waals surface area (Å²) in [5.74, 6) is -6.20. The van der Waals surface area contributed by atoms with E-state index in [0.29, 0.717) is 0 Å². The predicted octanol–water partition coefficient (Wildman–Crippen LogP) is -2.49. The van der Waals surface area contributed by atoms with Crippen LogP contribution in [0.15, 0.2) is 0 Å². The Morgan fingerprint density at radius 3 is 2.41 bits per heavy atom. The number of nitrogens with two attached hydrogens (primary N) is 1. The number of rotatable bonds is 9. The molecule has 0 saturated carbocycles. The van der Waals surface area contributed by atoms with Crippen LogP contribution in [0.5, 0.6) is 0 Å². The molecule has 0 radical (unpaired) electrons. The maximum atomic E-state index is 11.6. The molecule has 7 atom stereocenters. The van der Waals surface area contributed by atoms with Crippen molar-refractivity contribution in [1.29, 1.82) is 0 Å². The topological polar surface area (TPSA) is 197 Å². The lowest BCUT2D eigenvalue weighted by Gasteiger charge is -2.44. The summed E-state index contributed by atoms with van der Waals surface area (Å²) in [7, 11) is 0. The average molecular weight is 393 g/mol. The van der Waals surface area contributed by atoms with Gasteiger partial charge in [-0.05, 0) is 6.92 Å². The van der Waals surface area contributed by atoms with Gasteiger partial charge in [-0.3, -0.25) is 14.4 Å². The first-order valence-electron chi connectivity index (χ1n) is 8.46. The maximum absolute atomic E-state index is 11.6. The van der Waals surface area contributed by atoms with E-state index in [4.69, 9.17) is 20.3 Å². The standard InChI is InChI=1S/C16H27NO10/c1-7(18)14-11(21)5-16(25,8(2)19)27-12(14)3-9(20)6-26-15(24)10(17)4-13(22)23/h7,9-12,14,18,20-21,25H,3-6,17H2,1-2H3,(H,22,23)/t7-,9+,10-,11?,12?,14?,16?/m1/s1. The van der Waals surface area contributed by atoms with E-state index in [0.717, 1.165) is 6.92 Å². The van der Waals surface area contributed by atoms with E-state index in [-0.39, 0.29) is 6.42 Å². The highest BCUT2D eigenvalue weighted by atomic mass is 16.6. The quantitative estimate of drug-likeness (QED) is 0.227. The maximum Gasteiger partial charge on any atom is 0.323 e. The third kappa shape index (κ3) is 6.48. The highest BCUT2D eigenvalue weighted by Gasteiger charge is 2.50. The van der Waals surface area contributed by atoms with Gasteiger partial charge in [0.25, 0.3) is 0 Å². The molecule has 1 rings (SSSR count). The van der Waals surface area contributed by atoms with E-state index in [2.05, 4.69) is 0 Å². The third-order valence-electron chi connectivity index (χ3n) is 4.43. The Morgan fingerprint density at radius 1 is 1.33 bits per heavy atom. The van der Waals surface area contributed by atoms with Crippen molar-refractivity contribution in [3.05, 3.63) is 0 Å². The number of esters is 1. The number of ether oxygens (including phenoxy) is 2. The minimum Gasteiger partial charge on any atom is -0.481 e. The van der Waals surface area contributed by atoms with Gasteiger partial charge in [0.15, 0.2) is 5.78 Å². The van der Waals surface area contributed by atoms with Crippen molar-refractivity contribution in [3.63, 3.8) is 0 Å². The summed E-state index contributed by atoms with van der Waals surface area (Å²) in [6.07, 6.45) is -6.12. The summed E-state index contributed by atoms with van der Waals surface area (Å²) in [5, 5.41) is 48.9. The van der Waals surface area contributed by atoms with Gasteiger partial charge < -0.3 is 40.7 Å². The van der Waals surface area contributed by atoms with E-state index in [9.17, 15) is 34.8 Å². The number of carboxylic acids is 1. The first-order valence-corrected chi connectivity index (χ1v) is 8.46. The smallest absolute Gasteiger partial charge is 0.323 e. The Morgan fingerprint density at radius 2 is 1.93 bits per heavy atom.